The summed E-state index contributed by atoms with van der Waals surface area (Å²) in [6.45, 7) is 3.49. The first-order valence-corrected chi connectivity index (χ1v) is 7.48. The normalized spacial score (nSPS) is 10.8. The van der Waals surface area contributed by atoms with Gasteiger partial charge in [-0.2, -0.15) is 5.10 Å². The Bertz CT molecular complexity index is 831. The minimum atomic E-state index is -0.624. The Kier molecular flexibility index (Phi) is 5.09. The monoisotopic (exact) mass is 350 g/mol. The van der Waals surface area contributed by atoms with E-state index in [4.69, 9.17) is 4.74 Å². The number of nitro benzene ring substituents is 1. The highest BCUT2D eigenvalue weighted by Crippen LogP contribution is 2.33. The number of hydrazone groups is 1. The number of thiazole rings is 1. The molecule has 0 spiro atoms. The van der Waals surface area contributed by atoms with E-state index in [2.05, 4.69) is 15.5 Å². The van der Waals surface area contributed by atoms with Crippen molar-refractivity contribution in [2.45, 2.75) is 13.8 Å². The summed E-state index contributed by atoms with van der Waals surface area (Å²) in [5.74, 6) is -0.831. The van der Waals surface area contributed by atoms with Gasteiger partial charge in [0.05, 0.1) is 35.0 Å². The largest absolute Gasteiger partial charge is 0.504 e. The molecule has 0 saturated heterocycles. The minimum Gasteiger partial charge on any atom is -0.504 e. The van der Waals surface area contributed by atoms with Crippen molar-refractivity contribution >= 4 is 29.1 Å². The lowest BCUT2D eigenvalue weighted by atomic mass is 10.2. The highest BCUT2D eigenvalue weighted by Gasteiger charge is 2.16. The molecule has 0 radical (unpaired) electrons. The predicted octanol–water partition coefficient (Wildman–Crippen LogP) is 2.15. The second kappa shape index (κ2) is 7.04. The van der Waals surface area contributed by atoms with E-state index in [1.54, 1.807) is 13.8 Å². The van der Waals surface area contributed by atoms with Crippen LogP contribution in [0.3, 0.4) is 0 Å². The van der Waals surface area contributed by atoms with Crippen molar-refractivity contribution in [3.63, 3.8) is 0 Å². The smallest absolute Gasteiger partial charge is 0.283 e. The second-order valence-corrected chi connectivity index (χ2v) is 5.89. The van der Waals surface area contributed by atoms with Gasteiger partial charge in [-0.25, -0.2) is 10.4 Å². The Morgan fingerprint density at radius 2 is 2.21 bits per heavy atom. The van der Waals surface area contributed by atoms with Gasteiger partial charge in [0, 0.05) is 11.6 Å². The number of nitro groups is 1. The number of phenols is 1. The van der Waals surface area contributed by atoms with Crippen molar-refractivity contribution < 1.29 is 19.6 Å². The van der Waals surface area contributed by atoms with Gasteiger partial charge in [0.15, 0.2) is 11.5 Å². The van der Waals surface area contributed by atoms with Crippen molar-refractivity contribution in [1.82, 2.24) is 10.4 Å². The average molecular weight is 350 g/mol. The SMILES string of the molecule is COc1cc([N+](=O)[O-])cc(/C=N/NC(=O)c2sc(C)nc2C)c1O. The molecule has 2 aromatic rings. The van der Waals surface area contributed by atoms with Gasteiger partial charge in [0.25, 0.3) is 11.6 Å². The van der Waals surface area contributed by atoms with E-state index in [1.807, 2.05) is 0 Å². The van der Waals surface area contributed by atoms with Crippen molar-refractivity contribution in [2.24, 2.45) is 5.10 Å². The molecule has 24 heavy (non-hydrogen) atoms. The number of nitrogens with one attached hydrogen (secondary N) is 1. The van der Waals surface area contributed by atoms with Crippen molar-refractivity contribution in [3.8, 4) is 11.5 Å². The number of aryl methyl sites for hydroxylation is 2. The molecule has 0 atom stereocenters. The zero-order valence-corrected chi connectivity index (χ0v) is 13.9. The maximum atomic E-state index is 12.0. The molecule has 2 rings (SSSR count). The minimum absolute atomic E-state index is 0.0403. The van der Waals surface area contributed by atoms with Gasteiger partial charge >= 0.3 is 0 Å². The number of carbonyl (C=O) groups is 1. The van der Waals surface area contributed by atoms with E-state index in [1.165, 1.54) is 18.4 Å². The molecular weight excluding hydrogens is 336 g/mol. The van der Waals surface area contributed by atoms with Gasteiger partial charge in [-0.15, -0.1) is 11.3 Å². The quantitative estimate of drug-likeness (QED) is 0.483. The molecule has 0 unspecified atom stereocenters. The standard InChI is InChI=1S/C14H14N4O5S/c1-7-13(24-8(2)16-7)14(20)17-15-6-9-4-10(18(21)22)5-11(23-3)12(9)19/h4-6,19H,1-3H3,(H,17,20)/b15-6+. The number of hydrogen-bond acceptors (Lipinski definition) is 8. The molecule has 0 fully saturated rings. The van der Waals surface area contributed by atoms with Crippen LogP contribution < -0.4 is 10.2 Å². The van der Waals surface area contributed by atoms with Crippen molar-refractivity contribution in [1.29, 1.82) is 0 Å². The summed E-state index contributed by atoms with van der Waals surface area (Å²) in [6.07, 6.45) is 1.10. The summed E-state index contributed by atoms with van der Waals surface area (Å²) < 4.78 is 4.88. The first kappa shape index (κ1) is 17.3. The van der Waals surface area contributed by atoms with Crippen LogP contribution in [0.1, 0.15) is 25.9 Å². The zero-order valence-electron chi connectivity index (χ0n) is 13.1. The van der Waals surface area contributed by atoms with Crippen LogP contribution in [0.4, 0.5) is 5.69 Å². The number of nitrogens with zero attached hydrogens (tertiary/aromatic N) is 3. The maximum Gasteiger partial charge on any atom is 0.283 e. The summed E-state index contributed by atoms with van der Waals surface area (Å²) in [4.78, 5) is 26.8. The number of phenolic OH excluding ortho intramolecular Hbond substituents is 1. The van der Waals surface area contributed by atoms with Crippen LogP contribution in [0.25, 0.3) is 0 Å². The summed E-state index contributed by atoms with van der Waals surface area (Å²) in [5.41, 5.74) is 2.65. The zero-order chi connectivity index (χ0) is 17.9. The Labute approximate surface area is 140 Å². The number of methoxy groups -OCH3 is 1. The first-order valence-electron chi connectivity index (χ1n) is 6.66. The summed E-state index contributed by atoms with van der Waals surface area (Å²) >= 11 is 1.23. The fourth-order valence-electron chi connectivity index (χ4n) is 1.93. The maximum absolute atomic E-state index is 12.0. The van der Waals surface area contributed by atoms with Gasteiger partial charge in [0.2, 0.25) is 0 Å². The van der Waals surface area contributed by atoms with Crippen LogP contribution in [0.5, 0.6) is 11.5 Å². The fourth-order valence-corrected chi connectivity index (χ4v) is 2.74. The van der Waals surface area contributed by atoms with Gasteiger partial charge in [-0.3, -0.25) is 14.9 Å². The van der Waals surface area contributed by atoms with Crippen molar-refractivity contribution in [2.75, 3.05) is 7.11 Å². The number of non-ortho nitro benzene ring substituents is 1. The molecule has 2 N–H and O–H groups in total. The molecule has 0 aliphatic heterocycles. The predicted molar refractivity (Wildman–Crippen MR) is 88.0 cm³/mol. The number of carbonyl (C=O) groups excluding carboxylic acids is 1. The number of aromatic hydroxyl groups is 1. The number of hydrogen-bond donors (Lipinski definition) is 2. The third kappa shape index (κ3) is 3.66. The van der Waals surface area contributed by atoms with Crippen LogP contribution in [0.15, 0.2) is 17.2 Å². The topological polar surface area (TPSA) is 127 Å². The summed E-state index contributed by atoms with van der Waals surface area (Å²) in [5, 5.41) is 25.3. The third-order valence-electron chi connectivity index (χ3n) is 3.00. The molecule has 1 heterocycles. The van der Waals surface area contributed by atoms with Gasteiger partial charge in [-0.05, 0) is 13.8 Å². The van der Waals surface area contributed by atoms with Gasteiger partial charge in [-0.1, -0.05) is 0 Å². The first-order chi connectivity index (χ1) is 11.3. The summed E-state index contributed by atoms with van der Waals surface area (Å²) in [7, 11) is 1.27. The number of aromatic nitrogens is 1. The molecule has 126 valence electrons. The molecular formula is C14H14N4O5S. The van der Waals surface area contributed by atoms with E-state index in [-0.39, 0.29) is 22.7 Å². The van der Waals surface area contributed by atoms with Crippen LogP contribution in [-0.4, -0.2) is 34.2 Å². The molecule has 0 aliphatic carbocycles. The number of amides is 1. The fraction of sp³-hybridized carbons (Fsp3) is 0.214. The van der Waals surface area contributed by atoms with E-state index < -0.39 is 10.8 Å². The number of ether oxygens (including phenoxy) is 1. The lowest BCUT2D eigenvalue weighted by Crippen LogP contribution is -2.17. The average Bonchev–Trinajstić information content (AvgIpc) is 2.87. The van der Waals surface area contributed by atoms with E-state index >= 15 is 0 Å². The highest BCUT2D eigenvalue weighted by atomic mass is 32.1. The van der Waals surface area contributed by atoms with E-state index in [0.29, 0.717) is 10.6 Å². The van der Waals surface area contributed by atoms with Crippen molar-refractivity contribution in [3.05, 3.63) is 43.4 Å². The highest BCUT2D eigenvalue weighted by molar-refractivity contribution is 7.13. The van der Waals surface area contributed by atoms with Crippen LogP contribution >= 0.6 is 11.3 Å². The Balaban J connectivity index is 2.22. The second-order valence-electron chi connectivity index (χ2n) is 4.69. The Hall–Kier alpha value is -3.01. The van der Waals surface area contributed by atoms with Crippen LogP contribution in [0.2, 0.25) is 0 Å². The lowest BCUT2D eigenvalue weighted by Gasteiger charge is -2.05. The lowest BCUT2D eigenvalue weighted by molar-refractivity contribution is -0.385. The van der Waals surface area contributed by atoms with Crippen LogP contribution in [-0.2, 0) is 0 Å². The van der Waals surface area contributed by atoms with Gasteiger partial charge < -0.3 is 9.84 Å². The molecule has 1 aromatic heterocycles. The Morgan fingerprint density at radius 3 is 2.75 bits per heavy atom. The Morgan fingerprint density at radius 1 is 1.50 bits per heavy atom. The molecule has 0 aliphatic rings. The molecule has 1 amide bonds. The number of benzene rings is 1. The van der Waals surface area contributed by atoms with E-state index in [0.717, 1.165) is 23.4 Å². The molecule has 0 saturated carbocycles. The molecule has 1 aromatic carbocycles. The summed E-state index contributed by atoms with van der Waals surface area (Å²) in [6, 6.07) is 2.21. The molecule has 9 nitrogen and oxygen atoms in total. The van der Waals surface area contributed by atoms with Crippen LogP contribution in [0, 0.1) is 24.0 Å². The third-order valence-corrected chi connectivity index (χ3v) is 4.07. The van der Waals surface area contributed by atoms with E-state index in [9.17, 15) is 20.0 Å². The molecule has 0 bridgehead atoms. The molecule has 10 heteroatoms. The van der Waals surface area contributed by atoms with Gasteiger partial charge in [0.1, 0.15) is 4.88 Å². The number of rotatable bonds is 5.